The summed E-state index contributed by atoms with van der Waals surface area (Å²) in [6.07, 6.45) is 13.6. The minimum absolute atomic E-state index is 0.418. The molecule has 0 bridgehead atoms. The van der Waals surface area contributed by atoms with E-state index in [1.165, 1.54) is 64.2 Å². The molecule has 2 heteroatoms. The minimum Gasteiger partial charge on any atom is -0.372 e. The molecule has 0 aromatic rings. The van der Waals surface area contributed by atoms with E-state index in [0.717, 1.165) is 7.41 Å². The maximum absolute atomic E-state index is 5.94. The molecule has 0 aliphatic rings. The van der Waals surface area contributed by atoms with E-state index in [2.05, 4.69) is 20.8 Å². The van der Waals surface area contributed by atoms with Gasteiger partial charge in [0, 0.05) is 0 Å². The summed E-state index contributed by atoms with van der Waals surface area (Å²) in [6.45, 7) is 6.92. The maximum Gasteiger partial charge on any atom is 0.204 e. The number of rotatable bonds is 11. The van der Waals surface area contributed by atoms with Crippen LogP contribution in [0.4, 0.5) is 0 Å². The van der Waals surface area contributed by atoms with Crippen LogP contribution in [-0.4, -0.2) is 7.41 Å². The Bertz CT molecular complexity index is 136. The fraction of sp³-hybridized carbons (Fsp3) is 1.00. The first-order valence-electron chi connectivity index (χ1n) is 7.38. The predicted molar refractivity (Wildman–Crippen MR) is 77.2 cm³/mol. The van der Waals surface area contributed by atoms with Gasteiger partial charge < -0.3 is 5.64 Å². The van der Waals surface area contributed by atoms with E-state index in [1.807, 2.05) is 0 Å². The zero-order chi connectivity index (χ0) is 12.3. The molecule has 0 aliphatic carbocycles. The lowest BCUT2D eigenvalue weighted by Crippen LogP contribution is -2.24. The van der Waals surface area contributed by atoms with E-state index in [1.54, 1.807) is 0 Å². The first kappa shape index (κ1) is 16.0. The third-order valence-electron chi connectivity index (χ3n) is 3.76. The van der Waals surface area contributed by atoms with Crippen molar-refractivity contribution in [2.45, 2.75) is 90.3 Å². The van der Waals surface area contributed by atoms with E-state index in [-0.39, 0.29) is 0 Å². The summed E-state index contributed by atoms with van der Waals surface area (Å²) in [7, 11) is 0.866. The topological polar surface area (TPSA) is 26.0 Å². The summed E-state index contributed by atoms with van der Waals surface area (Å²) in [4.78, 5) is 0. The molecule has 0 saturated heterocycles. The van der Waals surface area contributed by atoms with Crippen molar-refractivity contribution < 1.29 is 0 Å². The largest absolute Gasteiger partial charge is 0.372 e. The van der Waals surface area contributed by atoms with E-state index < -0.39 is 0 Å². The molecule has 0 unspecified atom stereocenters. The Morgan fingerprint density at radius 3 is 1.56 bits per heavy atom. The van der Waals surface area contributed by atoms with Crippen LogP contribution in [0.5, 0.6) is 0 Å². The molecule has 16 heavy (non-hydrogen) atoms. The van der Waals surface area contributed by atoms with E-state index in [9.17, 15) is 0 Å². The summed E-state index contributed by atoms with van der Waals surface area (Å²) >= 11 is 0. The van der Waals surface area contributed by atoms with Crippen LogP contribution < -0.4 is 5.64 Å². The lowest BCUT2D eigenvalue weighted by atomic mass is 9.57. The Morgan fingerprint density at radius 2 is 1.25 bits per heavy atom. The molecule has 0 spiro atoms. The summed E-state index contributed by atoms with van der Waals surface area (Å²) in [5.41, 5.74) is 5.94. The first-order valence-corrected chi connectivity index (χ1v) is 7.38. The monoisotopic (exact) mass is 225 g/mol. The standard InChI is InChI=1S/C14H32BN/c1-4-6-8-10-12-14(3,15-16)13-11-9-7-5-2/h15H,4-13,16H2,1-3H3. The molecule has 0 saturated carbocycles. The maximum atomic E-state index is 5.94. The molecular formula is C14H32BN. The zero-order valence-corrected chi connectivity index (χ0v) is 11.9. The van der Waals surface area contributed by atoms with Crippen molar-refractivity contribution >= 4 is 7.41 Å². The molecule has 0 aliphatic heterocycles. The summed E-state index contributed by atoms with van der Waals surface area (Å²) < 4.78 is 0. The van der Waals surface area contributed by atoms with Crippen LogP contribution in [0.15, 0.2) is 0 Å². The summed E-state index contributed by atoms with van der Waals surface area (Å²) in [5, 5.41) is 0.418. The normalized spacial score (nSPS) is 11.8. The zero-order valence-electron chi connectivity index (χ0n) is 11.9. The molecule has 1 nitrogen and oxygen atoms in total. The lowest BCUT2D eigenvalue weighted by molar-refractivity contribution is 0.450. The second kappa shape index (κ2) is 10.2. The highest BCUT2D eigenvalue weighted by Crippen LogP contribution is 2.36. The van der Waals surface area contributed by atoms with Gasteiger partial charge in [-0.3, -0.25) is 0 Å². The van der Waals surface area contributed by atoms with Gasteiger partial charge in [-0.1, -0.05) is 85.0 Å². The lowest BCUT2D eigenvalue weighted by Gasteiger charge is -2.27. The van der Waals surface area contributed by atoms with Crippen molar-refractivity contribution in [2.75, 3.05) is 0 Å². The molecule has 0 aromatic carbocycles. The van der Waals surface area contributed by atoms with E-state index in [0.29, 0.717) is 5.31 Å². The van der Waals surface area contributed by atoms with Gasteiger partial charge in [0.15, 0.2) is 0 Å². The van der Waals surface area contributed by atoms with Crippen LogP contribution in [-0.2, 0) is 0 Å². The fourth-order valence-corrected chi connectivity index (χ4v) is 2.29. The van der Waals surface area contributed by atoms with Crippen LogP contribution >= 0.6 is 0 Å². The molecule has 2 N–H and O–H groups in total. The Morgan fingerprint density at radius 1 is 0.812 bits per heavy atom. The van der Waals surface area contributed by atoms with Gasteiger partial charge in [0.1, 0.15) is 0 Å². The Balaban J connectivity index is 3.64. The van der Waals surface area contributed by atoms with Crippen LogP contribution in [0.1, 0.15) is 85.0 Å². The van der Waals surface area contributed by atoms with Crippen LogP contribution in [0.3, 0.4) is 0 Å². The van der Waals surface area contributed by atoms with Gasteiger partial charge in [-0.25, -0.2) is 0 Å². The minimum atomic E-state index is 0.418. The average Bonchev–Trinajstić information content (AvgIpc) is 2.31. The van der Waals surface area contributed by atoms with Crippen LogP contribution in [0.25, 0.3) is 0 Å². The predicted octanol–water partition coefficient (Wildman–Crippen LogP) is 4.42. The molecule has 0 rings (SSSR count). The quantitative estimate of drug-likeness (QED) is 0.409. The molecule has 0 radical (unpaired) electrons. The SMILES string of the molecule is CCCCCCC(C)(BN)CCCCCC. The fourth-order valence-electron chi connectivity index (χ4n) is 2.29. The highest BCUT2D eigenvalue weighted by Gasteiger charge is 2.22. The smallest absolute Gasteiger partial charge is 0.204 e. The molecule has 0 heterocycles. The van der Waals surface area contributed by atoms with Gasteiger partial charge in [0.25, 0.3) is 0 Å². The van der Waals surface area contributed by atoms with E-state index in [4.69, 9.17) is 5.64 Å². The molecule has 0 atom stereocenters. The van der Waals surface area contributed by atoms with Crippen molar-refractivity contribution in [1.82, 2.24) is 0 Å². The number of nitrogens with two attached hydrogens (primary N) is 1. The van der Waals surface area contributed by atoms with Gasteiger partial charge in [-0.05, 0) is 5.31 Å². The van der Waals surface area contributed by atoms with Gasteiger partial charge in [-0.2, -0.15) is 0 Å². The van der Waals surface area contributed by atoms with Gasteiger partial charge in [-0.15, -0.1) is 0 Å². The second-order valence-corrected chi connectivity index (χ2v) is 5.64. The van der Waals surface area contributed by atoms with Crippen molar-refractivity contribution in [3.05, 3.63) is 0 Å². The molecule has 0 aromatic heterocycles. The van der Waals surface area contributed by atoms with Crippen LogP contribution in [0, 0.1) is 0 Å². The number of unbranched alkanes of at least 4 members (excludes halogenated alkanes) is 6. The third-order valence-corrected chi connectivity index (χ3v) is 3.76. The Labute approximate surface area is 104 Å². The van der Waals surface area contributed by atoms with Gasteiger partial charge in [0.05, 0.1) is 0 Å². The van der Waals surface area contributed by atoms with E-state index >= 15 is 0 Å². The highest BCUT2D eigenvalue weighted by molar-refractivity contribution is 6.35. The van der Waals surface area contributed by atoms with Crippen molar-refractivity contribution in [3.8, 4) is 0 Å². The van der Waals surface area contributed by atoms with Crippen LogP contribution in [0.2, 0.25) is 5.31 Å². The molecule has 0 amide bonds. The number of hydrogen-bond acceptors (Lipinski definition) is 1. The highest BCUT2D eigenvalue weighted by atomic mass is 14.4. The molecular weight excluding hydrogens is 193 g/mol. The Kier molecular flexibility index (Phi) is 10.2. The molecule has 0 fully saturated rings. The first-order chi connectivity index (χ1) is 7.68. The Hall–Kier alpha value is 0.0249. The van der Waals surface area contributed by atoms with Gasteiger partial charge in [0.2, 0.25) is 7.41 Å². The summed E-state index contributed by atoms with van der Waals surface area (Å²) in [6, 6.07) is 0. The second-order valence-electron chi connectivity index (χ2n) is 5.64. The third kappa shape index (κ3) is 8.21. The number of hydrogen-bond donors (Lipinski definition) is 1. The van der Waals surface area contributed by atoms with Gasteiger partial charge >= 0.3 is 0 Å². The summed E-state index contributed by atoms with van der Waals surface area (Å²) in [5.74, 6) is 0. The van der Waals surface area contributed by atoms with Crippen molar-refractivity contribution in [2.24, 2.45) is 5.64 Å². The van der Waals surface area contributed by atoms with Crippen molar-refractivity contribution in [1.29, 1.82) is 0 Å². The average molecular weight is 225 g/mol. The molecule has 96 valence electrons. The van der Waals surface area contributed by atoms with Crippen molar-refractivity contribution in [3.63, 3.8) is 0 Å².